The average molecular weight is 581 g/mol. The van der Waals surface area contributed by atoms with Crippen molar-refractivity contribution in [2.24, 2.45) is 11.8 Å². The molecule has 1 aromatic heterocycles. The van der Waals surface area contributed by atoms with Crippen LogP contribution in [-0.4, -0.2) is 27.4 Å². The van der Waals surface area contributed by atoms with Gasteiger partial charge in [0.1, 0.15) is 0 Å². The molecule has 1 radical (unpaired) electrons. The quantitative estimate of drug-likeness (QED) is 0.402. The molecule has 2 aliphatic rings. The van der Waals surface area contributed by atoms with Crippen LogP contribution in [0.2, 0.25) is 0 Å². The number of rotatable bonds is 2. The maximum Gasteiger partial charge on any atom is 0.0595 e. The van der Waals surface area contributed by atoms with Crippen LogP contribution in [0.15, 0.2) is 54.6 Å². The summed E-state index contributed by atoms with van der Waals surface area (Å²) in [7, 11) is 0. The molecule has 2 saturated carbocycles. The molecule has 3 nitrogen and oxygen atoms in total. The zero-order valence-corrected chi connectivity index (χ0v) is 20.0. The topological polar surface area (TPSA) is 53.4 Å². The molecule has 4 heteroatoms. The van der Waals surface area contributed by atoms with Crippen LogP contribution in [0.25, 0.3) is 22.2 Å². The van der Waals surface area contributed by atoms with Gasteiger partial charge in [-0.15, -0.1) is 35.9 Å². The number of aromatic nitrogens is 1. The van der Waals surface area contributed by atoms with Crippen LogP contribution >= 0.6 is 0 Å². The molecule has 2 atom stereocenters. The first-order chi connectivity index (χ1) is 14.0. The van der Waals surface area contributed by atoms with Crippen LogP contribution in [-0.2, 0) is 20.1 Å². The fourth-order valence-corrected chi connectivity index (χ4v) is 4.77. The first-order valence-electron chi connectivity index (χ1n) is 10.8. The average Bonchev–Trinajstić information content (AvgIpc) is 3.31. The number of benzene rings is 2. The SMILES string of the molecule is CC(C)c1ccc2nc(-c3[c-]cccc3)ccc2c1.OC1CCC2CCC(O)C12.[Ir]. The second-order valence-corrected chi connectivity index (χ2v) is 8.71. The van der Waals surface area contributed by atoms with E-state index >= 15 is 0 Å². The molecule has 2 aliphatic carbocycles. The van der Waals surface area contributed by atoms with E-state index in [0.717, 1.165) is 42.5 Å². The fraction of sp³-hybridized carbons (Fsp3) is 0.423. The van der Waals surface area contributed by atoms with Crippen molar-refractivity contribution in [2.45, 2.75) is 57.7 Å². The van der Waals surface area contributed by atoms with Gasteiger partial charge in [0.05, 0.1) is 17.7 Å². The molecular weight excluding hydrogens is 551 g/mol. The monoisotopic (exact) mass is 581 g/mol. The summed E-state index contributed by atoms with van der Waals surface area (Å²) < 4.78 is 0. The molecule has 2 N–H and O–H groups in total. The molecular formula is C26H30IrNO2-. The van der Waals surface area contributed by atoms with E-state index in [1.807, 2.05) is 24.3 Å². The molecule has 0 aliphatic heterocycles. The number of hydrogen-bond donors (Lipinski definition) is 2. The zero-order valence-electron chi connectivity index (χ0n) is 17.6. The van der Waals surface area contributed by atoms with Crippen molar-refractivity contribution in [1.82, 2.24) is 4.98 Å². The smallest absolute Gasteiger partial charge is 0.0595 e. The summed E-state index contributed by atoms with van der Waals surface area (Å²) in [6.45, 7) is 4.42. The van der Waals surface area contributed by atoms with Crippen LogP contribution in [0, 0.1) is 17.9 Å². The van der Waals surface area contributed by atoms with Crippen LogP contribution in [0.5, 0.6) is 0 Å². The third-order valence-corrected chi connectivity index (χ3v) is 6.46. The Balaban J connectivity index is 0.000000197. The van der Waals surface area contributed by atoms with E-state index in [4.69, 9.17) is 4.98 Å². The molecule has 0 bridgehead atoms. The molecule has 1 heterocycles. The normalized spacial score (nSPS) is 24.8. The van der Waals surface area contributed by atoms with Gasteiger partial charge in [-0.2, -0.15) is 0 Å². The molecule has 0 spiro atoms. The third kappa shape index (κ3) is 5.00. The van der Waals surface area contributed by atoms with E-state index in [-0.39, 0.29) is 38.2 Å². The number of aliphatic hydroxyl groups excluding tert-OH is 2. The van der Waals surface area contributed by atoms with Crippen molar-refractivity contribution in [3.05, 3.63) is 66.2 Å². The number of fused-ring (bicyclic) bond motifs is 2. The number of aliphatic hydroxyl groups is 2. The van der Waals surface area contributed by atoms with Gasteiger partial charge >= 0.3 is 0 Å². The Hall–Kier alpha value is -1.58. The van der Waals surface area contributed by atoms with Crippen molar-refractivity contribution in [3.8, 4) is 11.3 Å². The van der Waals surface area contributed by atoms with Gasteiger partial charge in [0.15, 0.2) is 0 Å². The van der Waals surface area contributed by atoms with Crippen molar-refractivity contribution >= 4 is 10.9 Å². The van der Waals surface area contributed by atoms with Gasteiger partial charge in [0, 0.05) is 26.0 Å². The minimum atomic E-state index is -0.206. The van der Waals surface area contributed by atoms with Gasteiger partial charge in [-0.3, -0.25) is 4.98 Å². The van der Waals surface area contributed by atoms with Gasteiger partial charge < -0.3 is 10.2 Å². The fourth-order valence-electron chi connectivity index (χ4n) is 4.77. The van der Waals surface area contributed by atoms with Gasteiger partial charge in [-0.25, -0.2) is 0 Å². The van der Waals surface area contributed by atoms with Crippen LogP contribution in [0.3, 0.4) is 0 Å². The van der Waals surface area contributed by atoms with Crippen LogP contribution < -0.4 is 0 Å². The zero-order chi connectivity index (χ0) is 20.4. The van der Waals surface area contributed by atoms with E-state index in [2.05, 4.69) is 50.2 Å². The first-order valence-corrected chi connectivity index (χ1v) is 10.8. The summed E-state index contributed by atoms with van der Waals surface area (Å²) in [6, 6.07) is 21.9. The maximum absolute atomic E-state index is 9.41. The summed E-state index contributed by atoms with van der Waals surface area (Å²) in [5, 5.41) is 20.0. The first kappa shape index (κ1) is 23.1. The summed E-state index contributed by atoms with van der Waals surface area (Å²) in [5.74, 6) is 1.40. The number of hydrogen-bond acceptors (Lipinski definition) is 3. The molecule has 5 rings (SSSR count). The number of nitrogens with zero attached hydrogens (tertiary/aromatic N) is 1. The molecule has 30 heavy (non-hydrogen) atoms. The Bertz CT molecular complexity index is 946. The van der Waals surface area contributed by atoms with Crippen molar-refractivity contribution in [2.75, 3.05) is 0 Å². The standard InChI is InChI=1S/C18H16N.C8H14O2.Ir/c1-13(2)15-8-10-18-16(12-15)9-11-17(19-18)14-6-4-3-5-7-14;9-6-3-1-5-2-4-7(10)8(5)6;/h3-6,8-13H,1-2H3;5-10H,1-4H2;/q-1;;. The Morgan fingerprint density at radius 1 is 0.933 bits per heavy atom. The van der Waals surface area contributed by atoms with E-state index in [1.165, 1.54) is 10.9 Å². The maximum atomic E-state index is 9.41. The van der Waals surface area contributed by atoms with Crippen LogP contribution in [0.1, 0.15) is 51.0 Å². The van der Waals surface area contributed by atoms with Crippen molar-refractivity contribution < 1.29 is 30.3 Å². The number of pyridine rings is 1. The Morgan fingerprint density at radius 3 is 2.27 bits per heavy atom. The van der Waals surface area contributed by atoms with Crippen molar-refractivity contribution in [1.29, 1.82) is 0 Å². The summed E-state index contributed by atoms with van der Waals surface area (Å²) in [6.07, 6.45) is 3.66. The second kappa shape index (κ2) is 10.2. The van der Waals surface area contributed by atoms with Crippen molar-refractivity contribution in [3.63, 3.8) is 0 Å². The largest absolute Gasteiger partial charge is 0.393 e. The Kier molecular flexibility index (Phi) is 7.81. The van der Waals surface area contributed by atoms with E-state index in [9.17, 15) is 10.2 Å². The summed E-state index contributed by atoms with van der Waals surface area (Å²) in [5.41, 5.74) is 4.41. The minimum Gasteiger partial charge on any atom is -0.393 e. The molecule has 2 unspecified atom stereocenters. The third-order valence-electron chi connectivity index (χ3n) is 6.46. The van der Waals surface area contributed by atoms with Gasteiger partial charge in [0.2, 0.25) is 0 Å². The second-order valence-electron chi connectivity index (χ2n) is 8.71. The molecule has 0 amide bonds. The van der Waals surface area contributed by atoms with Crippen LogP contribution in [0.4, 0.5) is 0 Å². The van der Waals surface area contributed by atoms with Gasteiger partial charge in [-0.05, 0) is 66.3 Å². The van der Waals surface area contributed by atoms with E-state index < -0.39 is 0 Å². The van der Waals surface area contributed by atoms with Gasteiger partial charge in [-0.1, -0.05) is 32.0 Å². The molecule has 0 saturated heterocycles. The van der Waals surface area contributed by atoms with E-state index in [1.54, 1.807) is 0 Å². The minimum absolute atomic E-state index is 0. The molecule has 2 aromatic carbocycles. The summed E-state index contributed by atoms with van der Waals surface area (Å²) >= 11 is 0. The predicted molar refractivity (Wildman–Crippen MR) is 118 cm³/mol. The molecule has 3 aromatic rings. The molecule has 161 valence electrons. The van der Waals surface area contributed by atoms with Gasteiger partial charge in [0.25, 0.3) is 0 Å². The Morgan fingerprint density at radius 2 is 1.67 bits per heavy atom. The summed E-state index contributed by atoms with van der Waals surface area (Å²) in [4.78, 5) is 4.71. The molecule has 2 fully saturated rings. The Labute approximate surface area is 192 Å². The predicted octanol–water partition coefficient (Wildman–Crippen LogP) is 5.35. The van der Waals surface area contributed by atoms with E-state index in [0.29, 0.717) is 11.8 Å².